The van der Waals surface area contributed by atoms with E-state index < -0.39 is 0 Å². The van der Waals surface area contributed by atoms with Crippen molar-refractivity contribution in [2.24, 2.45) is 0 Å². The fourth-order valence-electron chi connectivity index (χ4n) is 3.16. The Morgan fingerprint density at radius 2 is 1.86 bits per heavy atom. The van der Waals surface area contributed by atoms with Crippen LogP contribution in [0, 0.1) is 6.92 Å². The largest absolute Gasteiger partial charge is 0.314 e. The first-order chi connectivity index (χ1) is 9.74. The first-order valence-corrected chi connectivity index (χ1v) is 8.31. The lowest BCUT2D eigenvalue weighted by Crippen LogP contribution is -2.45. The van der Waals surface area contributed by atoms with Crippen LogP contribution in [0.2, 0.25) is 5.02 Å². The lowest BCUT2D eigenvalue weighted by molar-refractivity contribution is 0.162. The summed E-state index contributed by atoms with van der Waals surface area (Å²) < 4.78 is 0. The first kappa shape index (κ1) is 22.0. The van der Waals surface area contributed by atoms with Gasteiger partial charge in [0.05, 0.1) is 0 Å². The number of nitrogens with zero attached hydrogens (tertiary/aromatic N) is 1. The number of nitrogens with one attached hydrogen (secondary N) is 1. The van der Waals surface area contributed by atoms with Gasteiger partial charge in [-0.15, -0.1) is 24.8 Å². The summed E-state index contributed by atoms with van der Waals surface area (Å²) in [5.74, 6) is 0. The van der Waals surface area contributed by atoms with Crippen LogP contribution in [-0.4, -0.2) is 31.1 Å². The molecule has 0 bridgehead atoms. The van der Waals surface area contributed by atoms with E-state index in [0.29, 0.717) is 6.04 Å². The summed E-state index contributed by atoms with van der Waals surface area (Å²) in [6, 6.07) is 6.77. The third kappa shape index (κ3) is 5.90. The average molecular weight is 368 g/mol. The summed E-state index contributed by atoms with van der Waals surface area (Å²) in [4.78, 5) is 2.61. The highest BCUT2D eigenvalue weighted by molar-refractivity contribution is 6.31. The molecule has 0 unspecified atom stereocenters. The van der Waals surface area contributed by atoms with Gasteiger partial charge in [-0.05, 0) is 30.5 Å². The molecular formula is C17H29Cl3N2. The third-order valence-corrected chi connectivity index (χ3v) is 4.61. The van der Waals surface area contributed by atoms with Gasteiger partial charge < -0.3 is 5.32 Å². The molecular weight excluding hydrogens is 339 g/mol. The van der Waals surface area contributed by atoms with Crippen LogP contribution in [0.25, 0.3) is 0 Å². The molecule has 0 amide bonds. The van der Waals surface area contributed by atoms with Gasteiger partial charge in [0.1, 0.15) is 0 Å². The molecule has 1 atom stereocenters. The molecule has 1 aromatic rings. The molecule has 1 aliphatic rings. The Balaban J connectivity index is 0.00000220. The summed E-state index contributed by atoms with van der Waals surface area (Å²) in [5.41, 5.74) is 2.68. The van der Waals surface area contributed by atoms with E-state index in [2.05, 4.69) is 36.2 Å². The van der Waals surface area contributed by atoms with Crippen LogP contribution in [0.4, 0.5) is 0 Å². The fraction of sp³-hybridized carbons (Fsp3) is 0.647. The molecule has 1 saturated heterocycles. The molecule has 0 aromatic heterocycles. The predicted octanol–water partition coefficient (Wildman–Crippen LogP) is 5.02. The van der Waals surface area contributed by atoms with E-state index in [4.69, 9.17) is 11.6 Å². The van der Waals surface area contributed by atoms with Crippen LogP contribution in [0.5, 0.6) is 0 Å². The summed E-state index contributed by atoms with van der Waals surface area (Å²) in [5, 5.41) is 4.38. The Bertz CT molecular complexity index is 400. The number of piperazine rings is 1. The van der Waals surface area contributed by atoms with Crippen molar-refractivity contribution in [2.45, 2.75) is 45.6 Å². The van der Waals surface area contributed by atoms with Crippen molar-refractivity contribution in [1.82, 2.24) is 10.2 Å². The second-order valence-corrected chi connectivity index (χ2v) is 6.18. The van der Waals surface area contributed by atoms with E-state index in [-0.39, 0.29) is 24.8 Å². The van der Waals surface area contributed by atoms with E-state index in [1.807, 2.05) is 6.07 Å². The van der Waals surface area contributed by atoms with Gasteiger partial charge >= 0.3 is 0 Å². The van der Waals surface area contributed by atoms with Gasteiger partial charge in [-0.3, -0.25) is 4.90 Å². The van der Waals surface area contributed by atoms with Crippen molar-refractivity contribution in [3.8, 4) is 0 Å². The molecule has 0 saturated carbocycles. The number of halogens is 3. The quantitative estimate of drug-likeness (QED) is 0.710. The van der Waals surface area contributed by atoms with E-state index >= 15 is 0 Å². The van der Waals surface area contributed by atoms with Crippen molar-refractivity contribution >= 4 is 36.4 Å². The molecule has 2 nitrogen and oxygen atoms in total. The number of hydrogen-bond acceptors (Lipinski definition) is 2. The Kier molecular flexibility index (Phi) is 11.5. The van der Waals surface area contributed by atoms with Crippen LogP contribution < -0.4 is 5.32 Å². The summed E-state index contributed by atoms with van der Waals surface area (Å²) >= 11 is 6.51. The number of aryl methyl sites for hydroxylation is 1. The molecule has 5 heteroatoms. The van der Waals surface area contributed by atoms with Crippen LogP contribution in [0.15, 0.2) is 18.2 Å². The minimum Gasteiger partial charge on any atom is -0.314 e. The van der Waals surface area contributed by atoms with Crippen LogP contribution in [0.3, 0.4) is 0 Å². The second kappa shape index (κ2) is 11.5. The molecule has 0 aliphatic carbocycles. The number of hydrogen-bond donors (Lipinski definition) is 1. The number of rotatable bonds is 6. The maximum atomic E-state index is 6.51. The Labute approximate surface area is 152 Å². The third-order valence-electron chi connectivity index (χ3n) is 4.28. The molecule has 1 heterocycles. The summed E-state index contributed by atoms with van der Waals surface area (Å²) in [7, 11) is 0. The van der Waals surface area contributed by atoms with Gasteiger partial charge in [0.2, 0.25) is 0 Å². The molecule has 2 rings (SSSR count). The minimum atomic E-state index is 0. The van der Waals surface area contributed by atoms with Crippen molar-refractivity contribution < 1.29 is 0 Å². The number of benzene rings is 1. The molecule has 1 aliphatic heterocycles. The SMILES string of the molecule is CCCCC[C@H](c1c(C)cccc1Cl)N1CCNCC1.Cl.Cl. The van der Waals surface area contributed by atoms with Gasteiger partial charge in [-0.2, -0.15) is 0 Å². The Morgan fingerprint density at radius 3 is 2.45 bits per heavy atom. The van der Waals surface area contributed by atoms with E-state index in [1.165, 1.54) is 36.8 Å². The van der Waals surface area contributed by atoms with Crippen molar-refractivity contribution in [2.75, 3.05) is 26.2 Å². The lowest BCUT2D eigenvalue weighted by atomic mass is 9.94. The van der Waals surface area contributed by atoms with E-state index in [1.54, 1.807) is 0 Å². The lowest BCUT2D eigenvalue weighted by Gasteiger charge is -2.36. The van der Waals surface area contributed by atoms with E-state index in [9.17, 15) is 0 Å². The molecule has 0 spiro atoms. The topological polar surface area (TPSA) is 15.3 Å². The molecule has 128 valence electrons. The second-order valence-electron chi connectivity index (χ2n) is 5.77. The van der Waals surface area contributed by atoms with Crippen LogP contribution >= 0.6 is 36.4 Å². The van der Waals surface area contributed by atoms with E-state index in [0.717, 1.165) is 31.2 Å². The van der Waals surface area contributed by atoms with Gasteiger partial charge in [0, 0.05) is 37.2 Å². The van der Waals surface area contributed by atoms with Crippen LogP contribution in [-0.2, 0) is 0 Å². The smallest absolute Gasteiger partial charge is 0.0456 e. The zero-order valence-corrected chi connectivity index (χ0v) is 16.0. The fourth-order valence-corrected chi connectivity index (χ4v) is 3.51. The van der Waals surface area contributed by atoms with Crippen molar-refractivity contribution in [1.29, 1.82) is 0 Å². The number of unbranched alkanes of at least 4 members (excludes halogenated alkanes) is 2. The standard InChI is InChI=1S/C17H27ClN2.2ClH/c1-3-4-5-9-16(20-12-10-19-11-13-20)17-14(2)7-6-8-15(17)18;;/h6-8,16,19H,3-5,9-13H2,1-2H3;2*1H/t16-;;/m1../s1. The van der Waals surface area contributed by atoms with Crippen molar-refractivity contribution in [3.05, 3.63) is 34.3 Å². The van der Waals surface area contributed by atoms with Crippen LogP contribution in [0.1, 0.15) is 49.8 Å². The highest BCUT2D eigenvalue weighted by atomic mass is 35.5. The maximum absolute atomic E-state index is 6.51. The monoisotopic (exact) mass is 366 g/mol. The Hall–Kier alpha value is 0.01000. The Morgan fingerprint density at radius 1 is 1.18 bits per heavy atom. The molecule has 0 radical (unpaired) electrons. The van der Waals surface area contributed by atoms with Gasteiger partial charge in [0.15, 0.2) is 0 Å². The van der Waals surface area contributed by atoms with Gasteiger partial charge in [-0.1, -0.05) is 49.9 Å². The molecule has 1 aromatic carbocycles. The maximum Gasteiger partial charge on any atom is 0.0456 e. The van der Waals surface area contributed by atoms with Gasteiger partial charge in [-0.25, -0.2) is 0 Å². The highest BCUT2D eigenvalue weighted by Crippen LogP contribution is 2.34. The zero-order valence-electron chi connectivity index (χ0n) is 13.6. The minimum absolute atomic E-state index is 0. The molecule has 22 heavy (non-hydrogen) atoms. The average Bonchev–Trinajstić information content (AvgIpc) is 2.46. The zero-order chi connectivity index (χ0) is 14.4. The first-order valence-electron chi connectivity index (χ1n) is 7.93. The molecule has 1 fully saturated rings. The normalized spacial score (nSPS) is 16.5. The van der Waals surface area contributed by atoms with Crippen molar-refractivity contribution in [3.63, 3.8) is 0 Å². The summed E-state index contributed by atoms with van der Waals surface area (Å²) in [6.45, 7) is 8.89. The highest BCUT2D eigenvalue weighted by Gasteiger charge is 2.24. The predicted molar refractivity (Wildman–Crippen MR) is 102 cm³/mol. The van der Waals surface area contributed by atoms with Gasteiger partial charge in [0.25, 0.3) is 0 Å². The summed E-state index contributed by atoms with van der Waals surface area (Å²) in [6.07, 6.45) is 5.09. The molecule has 1 N–H and O–H groups in total.